The van der Waals surface area contributed by atoms with Crippen molar-refractivity contribution < 1.29 is 14.3 Å². The molecule has 0 aromatic carbocycles. The molecule has 1 fully saturated rings. The highest BCUT2D eigenvalue weighted by atomic mass is 16.4. The second kappa shape index (κ2) is 4.92. The zero-order valence-corrected chi connectivity index (χ0v) is 10.3. The molecule has 94 valence electrons. The Morgan fingerprint density at radius 3 is 3.00 bits per heavy atom. The highest BCUT2D eigenvalue weighted by Crippen LogP contribution is 2.28. The monoisotopic (exact) mass is 237 g/mol. The maximum absolute atomic E-state index is 11.0. The van der Waals surface area contributed by atoms with E-state index in [2.05, 4.69) is 18.7 Å². The summed E-state index contributed by atoms with van der Waals surface area (Å²) < 4.78 is 5.31. The molecule has 4 heteroatoms. The zero-order chi connectivity index (χ0) is 12.4. The van der Waals surface area contributed by atoms with E-state index < -0.39 is 5.97 Å². The predicted octanol–water partition coefficient (Wildman–Crippen LogP) is 2.74. The van der Waals surface area contributed by atoms with E-state index in [1.807, 2.05) is 0 Å². The molecule has 1 aromatic heterocycles. The number of aromatic carboxylic acids is 1. The average Bonchev–Trinajstić information content (AvgIpc) is 2.88. The number of likely N-dealkylation sites (tertiary alicyclic amines) is 1. The van der Waals surface area contributed by atoms with Crippen molar-refractivity contribution in [3.63, 3.8) is 0 Å². The number of rotatable bonds is 4. The number of carboxylic acids is 1. The minimum atomic E-state index is -0.909. The van der Waals surface area contributed by atoms with Gasteiger partial charge in [-0.05, 0) is 32.3 Å². The van der Waals surface area contributed by atoms with Crippen LogP contribution >= 0.6 is 0 Å². The average molecular weight is 237 g/mol. The van der Waals surface area contributed by atoms with Crippen LogP contribution in [0.1, 0.15) is 49.2 Å². The Balaban J connectivity index is 2.14. The summed E-state index contributed by atoms with van der Waals surface area (Å²) in [5, 5.41) is 9.04. The summed E-state index contributed by atoms with van der Waals surface area (Å²) >= 11 is 0. The second-order valence-electron chi connectivity index (χ2n) is 4.72. The van der Waals surface area contributed by atoms with Gasteiger partial charge in [0, 0.05) is 12.1 Å². The van der Waals surface area contributed by atoms with Gasteiger partial charge in [-0.25, -0.2) is 4.79 Å². The smallest absolute Gasteiger partial charge is 0.339 e. The first-order valence-electron chi connectivity index (χ1n) is 6.18. The first-order chi connectivity index (χ1) is 8.13. The topological polar surface area (TPSA) is 53.7 Å². The summed E-state index contributed by atoms with van der Waals surface area (Å²) in [4.78, 5) is 13.4. The molecule has 0 spiro atoms. The first kappa shape index (κ1) is 12.2. The molecule has 1 N–H and O–H groups in total. The molecule has 17 heavy (non-hydrogen) atoms. The lowest BCUT2D eigenvalue weighted by atomic mass is 10.1. The highest BCUT2D eigenvalue weighted by Gasteiger charge is 2.30. The molecule has 4 nitrogen and oxygen atoms in total. The van der Waals surface area contributed by atoms with Crippen LogP contribution < -0.4 is 0 Å². The van der Waals surface area contributed by atoms with Gasteiger partial charge in [0.1, 0.15) is 11.3 Å². The largest absolute Gasteiger partial charge is 0.478 e. The minimum absolute atomic E-state index is 0.291. The van der Waals surface area contributed by atoms with Crippen LogP contribution in [0.4, 0.5) is 0 Å². The van der Waals surface area contributed by atoms with E-state index in [9.17, 15) is 4.79 Å². The molecule has 2 atom stereocenters. The summed E-state index contributed by atoms with van der Waals surface area (Å²) in [5.41, 5.74) is 0.291. The number of hydrogen-bond donors (Lipinski definition) is 1. The molecule has 2 rings (SSSR count). The molecule has 2 heterocycles. The molecule has 1 aliphatic rings. The molecule has 1 aliphatic heterocycles. The Labute approximate surface area is 101 Å². The van der Waals surface area contributed by atoms with Crippen molar-refractivity contribution in [2.45, 2.75) is 51.7 Å². The molecule has 0 aliphatic carbocycles. The molecule has 0 amide bonds. The maximum atomic E-state index is 11.0. The molecule has 1 saturated heterocycles. The summed E-state index contributed by atoms with van der Waals surface area (Å²) in [6.07, 6.45) is 4.94. The van der Waals surface area contributed by atoms with Crippen LogP contribution in [-0.2, 0) is 6.54 Å². The molecule has 2 unspecified atom stereocenters. The molecular weight excluding hydrogens is 218 g/mol. The van der Waals surface area contributed by atoms with Gasteiger partial charge in [-0.2, -0.15) is 0 Å². The second-order valence-corrected chi connectivity index (χ2v) is 4.72. The highest BCUT2D eigenvalue weighted by molar-refractivity contribution is 5.88. The Kier molecular flexibility index (Phi) is 3.52. The van der Waals surface area contributed by atoms with Gasteiger partial charge in [0.2, 0.25) is 0 Å². The van der Waals surface area contributed by atoms with Crippen LogP contribution in [0.15, 0.2) is 16.7 Å². The summed E-state index contributed by atoms with van der Waals surface area (Å²) in [7, 11) is 0. The number of carboxylic acid groups (broad SMARTS) is 1. The lowest BCUT2D eigenvalue weighted by Crippen LogP contribution is -2.33. The van der Waals surface area contributed by atoms with E-state index in [1.165, 1.54) is 25.2 Å². The quantitative estimate of drug-likeness (QED) is 0.874. The van der Waals surface area contributed by atoms with Gasteiger partial charge >= 0.3 is 5.97 Å². The fourth-order valence-corrected chi connectivity index (χ4v) is 2.67. The van der Waals surface area contributed by atoms with Gasteiger partial charge in [-0.3, -0.25) is 4.90 Å². The standard InChI is InChI=1S/C13H19NO3/c1-3-10-5-4-9(2)14(10)8-12-11(13(15)16)6-7-17-12/h6-7,9-10H,3-5,8H2,1-2H3,(H,15,16). The van der Waals surface area contributed by atoms with Crippen LogP contribution in [0.5, 0.6) is 0 Å². The molecule has 0 saturated carbocycles. The van der Waals surface area contributed by atoms with Gasteiger partial charge in [-0.15, -0.1) is 0 Å². The van der Waals surface area contributed by atoms with Crippen LogP contribution in [0.25, 0.3) is 0 Å². The summed E-state index contributed by atoms with van der Waals surface area (Å²) in [6.45, 7) is 4.98. The lowest BCUT2D eigenvalue weighted by molar-refractivity contribution is 0.0691. The SMILES string of the molecule is CCC1CCC(C)N1Cc1occc1C(=O)O. The van der Waals surface area contributed by atoms with Crippen molar-refractivity contribution in [1.82, 2.24) is 4.90 Å². The van der Waals surface area contributed by atoms with E-state index in [0.29, 0.717) is 30.0 Å². The summed E-state index contributed by atoms with van der Waals surface area (Å²) in [6, 6.07) is 2.59. The number of furan rings is 1. The van der Waals surface area contributed by atoms with Gasteiger partial charge in [0.05, 0.1) is 12.8 Å². The maximum Gasteiger partial charge on any atom is 0.339 e. The first-order valence-corrected chi connectivity index (χ1v) is 6.18. The van der Waals surface area contributed by atoms with Crippen molar-refractivity contribution in [1.29, 1.82) is 0 Å². The van der Waals surface area contributed by atoms with Crippen molar-refractivity contribution in [2.75, 3.05) is 0 Å². The van der Waals surface area contributed by atoms with Gasteiger partial charge in [0.15, 0.2) is 0 Å². The Bertz CT molecular complexity index is 399. The molecule has 0 radical (unpaired) electrons. The number of carbonyl (C=O) groups is 1. The van der Waals surface area contributed by atoms with E-state index >= 15 is 0 Å². The van der Waals surface area contributed by atoms with Crippen LogP contribution in [0.3, 0.4) is 0 Å². The van der Waals surface area contributed by atoms with Crippen molar-refractivity contribution in [3.8, 4) is 0 Å². The Hall–Kier alpha value is -1.29. The fraction of sp³-hybridized carbons (Fsp3) is 0.615. The van der Waals surface area contributed by atoms with Gasteiger partial charge in [-0.1, -0.05) is 6.92 Å². The molecule has 1 aromatic rings. The van der Waals surface area contributed by atoms with E-state index in [-0.39, 0.29) is 0 Å². The van der Waals surface area contributed by atoms with Gasteiger partial charge in [0.25, 0.3) is 0 Å². The minimum Gasteiger partial charge on any atom is -0.478 e. The van der Waals surface area contributed by atoms with E-state index in [0.717, 1.165) is 6.42 Å². The van der Waals surface area contributed by atoms with E-state index in [1.54, 1.807) is 0 Å². The fourth-order valence-electron chi connectivity index (χ4n) is 2.67. The summed E-state index contributed by atoms with van der Waals surface area (Å²) in [5.74, 6) is -0.335. The van der Waals surface area contributed by atoms with Crippen molar-refractivity contribution in [3.05, 3.63) is 23.7 Å². The third kappa shape index (κ3) is 2.36. The van der Waals surface area contributed by atoms with Crippen LogP contribution in [0, 0.1) is 0 Å². The third-order valence-corrected chi connectivity index (χ3v) is 3.73. The van der Waals surface area contributed by atoms with Gasteiger partial charge < -0.3 is 9.52 Å². The normalized spacial score (nSPS) is 25.3. The van der Waals surface area contributed by atoms with E-state index in [4.69, 9.17) is 9.52 Å². The Morgan fingerprint density at radius 1 is 1.59 bits per heavy atom. The van der Waals surface area contributed by atoms with Crippen molar-refractivity contribution in [2.24, 2.45) is 0 Å². The lowest BCUT2D eigenvalue weighted by Gasteiger charge is -2.26. The van der Waals surface area contributed by atoms with Crippen LogP contribution in [-0.4, -0.2) is 28.1 Å². The predicted molar refractivity (Wildman–Crippen MR) is 64.0 cm³/mol. The van der Waals surface area contributed by atoms with Crippen molar-refractivity contribution >= 4 is 5.97 Å². The zero-order valence-electron chi connectivity index (χ0n) is 10.3. The third-order valence-electron chi connectivity index (χ3n) is 3.73. The number of nitrogens with zero attached hydrogens (tertiary/aromatic N) is 1. The molecular formula is C13H19NO3. The van der Waals surface area contributed by atoms with Crippen LogP contribution in [0.2, 0.25) is 0 Å². The molecule has 0 bridgehead atoms. The Morgan fingerprint density at radius 2 is 2.35 bits per heavy atom. The number of hydrogen-bond acceptors (Lipinski definition) is 3.